The van der Waals surface area contributed by atoms with Gasteiger partial charge in [0.15, 0.2) is 5.78 Å². The van der Waals surface area contributed by atoms with Gasteiger partial charge in [-0.1, -0.05) is 24.3 Å². The molecule has 0 fully saturated rings. The molecule has 3 heterocycles. The molecular weight excluding hydrogens is 324 g/mol. The zero-order valence-electron chi connectivity index (χ0n) is 15.1. The maximum atomic E-state index is 12.5. The van der Waals surface area contributed by atoms with Gasteiger partial charge in [0.25, 0.3) is 0 Å². The molecule has 2 N–H and O–H groups in total. The summed E-state index contributed by atoms with van der Waals surface area (Å²) in [6.07, 6.45) is 2.05. The molecule has 26 heavy (non-hydrogen) atoms. The van der Waals surface area contributed by atoms with Crippen molar-refractivity contribution < 1.29 is 4.79 Å². The molecule has 0 radical (unpaired) electrons. The highest BCUT2D eigenvalue weighted by Crippen LogP contribution is 2.26. The minimum atomic E-state index is 0.00247. The Kier molecular flexibility index (Phi) is 3.92. The lowest BCUT2D eigenvalue weighted by Crippen LogP contribution is -2.06. The molecule has 130 valence electrons. The summed E-state index contributed by atoms with van der Waals surface area (Å²) in [5.41, 5.74) is 7.46. The molecule has 3 aromatic heterocycles. The lowest BCUT2D eigenvalue weighted by atomic mass is 10.0. The molecule has 0 aliphatic rings. The molecule has 0 saturated carbocycles. The van der Waals surface area contributed by atoms with Crippen LogP contribution in [0.1, 0.15) is 32.9 Å². The first-order valence-electron chi connectivity index (χ1n) is 8.61. The van der Waals surface area contributed by atoms with Gasteiger partial charge in [-0.15, -0.1) is 0 Å². The van der Waals surface area contributed by atoms with Crippen molar-refractivity contribution in [3.05, 3.63) is 70.7 Å². The number of aromatic amines is 2. The number of nitrogens with one attached hydrogen (secondary N) is 2. The fourth-order valence-corrected chi connectivity index (χ4v) is 3.20. The van der Waals surface area contributed by atoms with Crippen molar-refractivity contribution in [1.29, 1.82) is 0 Å². The van der Waals surface area contributed by atoms with Crippen LogP contribution < -0.4 is 0 Å². The normalized spacial score (nSPS) is 11.2. The number of H-pyrrole nitrogens is 2. The number of benzene rings is 1. The Balaban J connectivity index is 1.65. The summed E-state index contributed by atoms with van der Waals surface area (Å²) in [6, 6.07) is 12.3. The summed E-state index contributed by atoms with van der Waals surface area (Å²) in [5, 5.41) is 8.00. The SMILES string of the molecule is Cc1ccccc1-c1cc2cc(CC(=O)c3n[nH]c(C)c3C)cnc2[nH]1. The highest BCUT2D eigenvalue weighted by atomic mass is 16.1. The fraction of sp³-hybridized carbons (Fsp3) is 0.190. The first-order chi connectivity index (χ1) is 12.5. The second-order valence-corrected chi connectivity index (χ2v) is 6.70. The average Bonchev–Trinajstić information content (AvgIpc) is 3.19. The lowest BCUT2D eigenvalue weighted by Gasteiger charge is -2.01. The van der Waals surface area contributed by atoms with Crippen LogP contribution in [0.3, 0.4) is 0 Å². The first kappa shape index (κ1) is 16.3. The second kappa shape index (κ2) is 6.26. The molecule has 5 nitrogen and oxygen atoms in total. The van der Waals surface area contributed by atoms with Crippen LogP contribution in [0.5, 0.6) is 0 Å². The van der Waals surface area contributed by atoms with Gasteiger partial charge in [-0.25, -0.2) is 4.98 Å². The summed E-state index contributed by atoms with van der Waals surface area (Å²) in [4.78, 5) is 20.4. The third-order valence-corrected chi connectivity index (χ3v) is 4.84. The van der Waals surface area contributed by atoms with Crippen LogP contribution in [-0.2, 0) is 6.42 Å². The number of nitrogens with zero attached hydrogens (tertiary/aromatic N) is 2. The summed E-state index contributed by atoms with van der Waals surface area (Å²) in [6.45, 7) is 5.92. The lowest BCUT2D eigenvalue weighted by molar-refractivity contribution is 0.0987. The molecule has 0 aliphatic heterocycles. The Morgan fingerprint density at radius 1 is 1.12 bits per heavy atom. The van der Waals surface area contributed by atoms with Crippen LogP contribution >= 0.6 is 0 Å². The molecule has 0 bridgehead atoms. The summed E-state index contributed by atoms with van der Waals surface area (Å²) >= 11 is 0. The van der Waals surface area contributed by atoms with E-state index in [1.807, 2.05) is 32.0 Å². The number of hydrogen-bond donors (Lipinski definition) is 2. The minimum Gasteiger partial charge on any atom is -0.339 e. The number of carbonyl (C=O) groups is 1. The molecule has 4 rings (SSSR count). The third kappa shape index (κ3) is 2.81. The first-order valence-corrected chi connectivity index (χ1v) is 8.61. The highest BCUT2D eigenvalue weighted by Gasteiger charge is 2.16. The van der Waals surface area contributed by atoms with Gasteiger partial charge in [0, 0.05) is 40.5 Å². The fourth-order valence-electron chi connectivity index (χ4n) is 3.20. The smallest absolute Gasteiger partial charge is 0.187 e. The van der Waals surface area contributed by atoms with E-state index in [1.165, 1.54) is 5.56 Å². The maximum Gasteiger partial charge on any atom is 0.187 e. The Morgan fingerprint density at radius 2 is 1.92 bits per heavy atom. The Labute approximate surface area is 151 Å². The van der Waals surface area contributed by atoms with Crippen LogP contribution in [0.25, 0.3) is 22.3 Å². The molecule has 5 heteroatoms. The average molecular weight is 344 g/mol. The van der Waals surface area contributed by atoms with Crippen molar-refractivity contribution in [2.45, 2.75) is 27.2 Å². The molecule has 0 atom stereocenters. The van der Waals surface area contributed by atoms with Crippen LogP contribution in [0, 0.1) is 20.8 Å². The Morgan fingerprint density at radius 3 is 2.65 bits per heavy atom. The molecular formula is C21H20N4O. The standard InChI is InChI=1S/C21H20N4O/c1-12-6-4-5-7-17(12)18-10-16-8-15(11-22-21(16)23-18)9-19(26)20-13(2)14(3)24-25-20/h4-8,10-11H,9H2,1-3H3,(H,22,23)(H,24,25). The van der Waals surface area contributed by atoms with Gasteiger partial charge >= 0.3 is 0 Å². The number of aromatic nitrogens is 4. The van der Waals surface area contributed by atoms with Crippen molar-refractivity contribution >= 4 is 16.8 Å². The van der Waals surface area contributed by atoms with E-state index in [0.29, 0.717) is 12.1 Å². The molecule has 0 amide bonds. The largest absolute Gasteiger partial charge is 0.339 e. The zero-order valence-corrected chi connectivity index (χ0v) is 15.1. The van der Waals surface area contributed by atoms with Gasteiger partial charge < -0.3 is 4.98 Å². The van der Waals surface area contributed by atoms with Gasteiger partial charge in [-0.3, -0.25) is 9.89 Å². The zero-order chi connectivity index (χ0) is 18.3. The monoisotopic (exact) mass is 344 g/mol. The van der Waals surface area contributed by atoms with Gasteiger partial charge in [0.05, 0.1) is 0 Å². The predicted molar refractivity (Wildman–Crippen MR) is 102 cm³/mol. The van der Waals surface area contributed by atoms with Crippen LogP contribution in [0.15, 0.2) is 42.6 Å². The summed E-state index contributed by atoms with van der Waals surface area (Å²) < 4.78 is 0. The molecule has 1 aromatic carbocycles. The second-order valence-electron chi connectivity index (χ2n) is 6.70. The molecule has 0 aliphatic carbocycles. The van der Waals surface area contributed by atoms with Gasteiger partial charge in [-0.2, -0.15) is 5.10 Å². The number of ketones is 1. The van der Waals surface area contributed by atoms with E-state index in [0.717, 1.165) is 39.1 Å². The molecule has 0 spiro atoms. The quantitative estimate of drug-likeness (QED) is 0.542. The minimum absolute atomic E-state index is 0.00247. The van der Waals surface area contributed by atoms with Crippen molar-refractivity contribution in [3.63, 3.8) is 0 Å². The molecule has 0 unspecified atom stereocenters. The van der Waals surface area contributed by atoms with Crippen LogP contribution in [-0.4, -0.2) is 25.9 Å². The van der Waals surface area contributed by atoms with Crippen molar-refractivity contribution in [1.82, 2.24) is 20.2 Å². The summed E-state index contributed by atoms with van der Waals surface area (Å²) in [5.74, 6) is 0.00247. The number of rotatable bonds is 4. The topological polar surface area (TPSA) is 74.4 Å². The van der Waals surface area contributed by atoms with Gasteiger partial charge in [0.2, 0.25) is 0 Å². The van der Waals surface area contributed by atoms with Crippen molar-refractivity contribution in [2.24, 2.45) is 0 Å². The van der Waals surface area contributed by atoms with Crippen molar-refractivity contribution in [2.75, 3.05) is 0 Å². The maximum absolute atomic E-state index is 12.5. The van der Waals surface area contributed by atoms with E-state index < -0.39 is 0 Å². The van der Waals surface area contributed by atoms with Crippen molar-refractivity contribution in [3.8, 4) is 11.3 Å². The van der Waals surface area contributed by atoms with E-state index >= 15 is 0 Å². The number of aryl methyl sites for hydroxylation is 2. The number of fused-ring (bicyclic) bond motifs is 1. The Hall–Kier alpha value is -3.21. The van der Waals surface area contributed by atoms with Crippen LogP contribution in [0.2, 0.25) is 0 Å². The van der Waals surface area contributed by atoms with Gasteiger partial charge in [0.1, 0.15) is 11.3 Å². The van der Waals surface area contributed by atoms with Crippen LogP contribution in [0.4, 0.5) is 0 Å². The van der Waals surface area contributed by atoms with E-state index in [1.54, 1.807) is 6.20 Å². The number of hydrogen-bond acceptors (Lipinski definition) is 3. The van der Waals surface area contributed by atoms with E-state index in [4.69, 9.17) is 0 Å². The van der Waals surface area contributed by atoms with Gasteiger partial charge in [-0.05, 0) is 44.0 Å². The third-order valence-electron chi connectivity index (χ3n) is 4.84. The number of carbonyl (C=O) groups excluding carboxylic acids is 1. The number of pyridine rings is 1. The number of Topliss-reactive ketones (excluding diaryl/α,β-unsaturated/α-hetero) is 1. The summed E-state index contributed by atoms with van der Waals surface area (Å²) in [7, 11) is 0. The Bertz CT molecular complexity index is 1120. The highest BCUT2D eigenvalue weighted by molar-refractivity contribution is 5.97. The molecule has 4 aromatic rings. The van der Waals surface area contributed by atoms with E-state index in [-0.39, 0.29) is 5.78 Å². The predicted octanol–water partition coefficient (Wildman–Crippen LogP) is 4.30. The van der Waals surface area contributed by atoms with E-state index in [9.17, 15) is 4.79 Å². The van der Waals surface area contributed by atoms with E-state index in [2.05, 4.69) is 45.3 Å². The molecule has 0 saturated heterocycles.